The largest absolute Gasteiger partial charge is 0.490 e. The first kappa shape index (κ1) is 48.9. The summed E-state index contributed by atoms with van der Waals surface area (Å²) in [7, 11) is 0. The second kappa shape index (κ2) is 22.2. The molecular weight excluding hydrogens is 847 g/mol. The number of nitrogens with two attached hydrogens (primary N) is 1. The zero-order valence-corrected chi connectivity index (χ0v) is 34.8. The first-order valence-electron chi connectivity index (χ1n) is 19.2. The number of halogens is 6. The van der Waals surface area contributed by atoms with Crippen LogP contribution in [0.15, 0.2) is 60.8 Å². The molecule has 1 saturated carbocycles. The predicted molar refractivity (Wildman–Crippen MR) is 214 cm³/mol. The van der Waals surface area contributed by atoms with Gasteiger partial charge in [0, 0.05) is 61.4 Å². The van der Waals surface area contributed by atoms with E-state index < -0.39 is 53.8 Å². The number of rotatable bonds is 18. The summed E-state index contributed by atoms with van der Waals surface area (Å²) < 4.78 is 63.0. The first-order valence-corrected chi connectivity index (χ1v) is 20.3. The van der Waals surface area contributed by atoms with Gasteiger partial charge in [-0.05, 0) is 66.8 Å². The highest BCUT2D eigenvalue weighted by Crippen LogP contribution is 2.42. The highest BCUT2D eigenvalue weighted by atomic mass is 79.9. The van der Waals surface area contributed by atoms with Crippen LogP contribution in [0.25, 0.3) is 11.1 Å². The van der Waals surface area contributed by atoms with Crippen LogP contribution in [0.3, 0.4) is 0 Å². The third-order valence-corrected chi connectivity index (χ3v) is 10.7. The van der Waals surface area contributed by atoms with Crippen molar-refractivity contribution in [3.63, 3.8) is 0 Å². The number of hydrogen-bond acceptors (Lipinski definition) is 7. The third-order valence-electron chi connectivity index (χ3n) is 10.1. The molecule has 0 radical (unpaired) electrons. The number of carboxylic acids is 1. The van der Waals surface area contributed by atoms with Crippen molar-refractivity contribution >= 4 is 45.3 Å². The number of aromatic nitrogens is 1. The summed E-state index contributed by atoms with van der Waals surface area (Å²) in [6.07, 6.45) is 0.131. The molecule has 4 rings (SSSR count). The second-order valence-corrected chi connectivity index (χ2v) is 16.2. The summed E-state index contributed by atoms with van der Waals surface area (Å²) in [4.78, 5) is 62.0. The van der Waals surface area contributed by atoms with Crippen LogP contribution < -0.4 is 11.1 Å². The SMILES string of the molecule is CC(C)(C)[C@H](c1cc(-c2cc(F)ccc2F)cn1Cc1ccccc1)N(CC[C@H](N)C(=O)C[C@H]1CCC[C@H]1C(=O)CCCNC(=O)CBr)C(=O)CO.O=C(O)C(F)(F)F. The topological polar surface area (TPSA) is 172 Å². The minimum atomic E-state index is -5.08. The Morgan fingerprint density at radius 2 is 1.68 bits per heavy atom. The van der Waals surface area contributed by atoms with Crippen molar-refractivity contribution in [1.82, 2.24) is 14.8 Å². The van der Waals surface area contributed by atoms with E-state index in [1.165, 1.54) is 4.90 Å². The van der Waals surface area contributed by atoms with Crippen molar-refractivity contribution in [2.75, 3.05) is 25.0 Å². The number of Topliss-reactive ketones (excluding diaryl/α,β-unsaturated/α-hetero) is 2. The lowest BCUT2D eigenvalue weighted by Gasteiger charge is -2.41. The number of carbonyl (C=O) groups is 5. The summed E-state index contributed by atoms with van der Waals surface area (Å²) in [5.74, 6) is -5.04. The number of aliphatic carboxylic acids is 1. The first-order chi connectivity index (χ1) is 27.7. The average Bonchev–Trinajstić information content (AvgIpc) is 3.81. The van der Waals surface area contributed by atoms with Gasteiger partial charge in [0.15, 0.2) is 0 Å². The maximum atomic E-state index is 15.1. The molecule has 59 heavy (non-hydrogen) atoms. The van der Waals surface area contributed by atoms with Gasteiger partial charge in [0.1, 0.15) is 29.8 Å². The average molecular weight is 900 g/mol. The molecule has 2 amide bonds. The Labute approximate surface area is 348 Å². The van der Waals surface area contributed by atoms with Crippen LogP contribution >= 0.6 is 15.9 Å². The Balaban J connectivity index is 0.00000122. The summed E-state index contributed by atoms with van der Waals surface area (Å²) in [5.41, 5.74) is 7.98. The van der Waals surface area contributed by atoms with Crippen molar-refractivity contribution in [3.8, 4) is 11.1 Å². The standard InChI is InChI=1S/C40H51BrF2N4O5.C2HF3O2/c1-40(2,3)39(34-19-28(31-21-29(42)14-15-32(31)43)24-46(34)23-26-9-5-4-6-10-26)47(38(52)25-48)18-16-33(44)36(50)20-27-11-7-12-30(27)35(49)13-8-17-45-37(51)22-41;3-2(4,5)1(6)7/h4-6,9-10,14-15,19,21,24,27,30,33,39,48H,7-8,11-13,16-18,20,22-23,25,44H2,1-3H3,(H,45,51);(H,6,7)/t27-,30-,33+,39+;/m1./s1. The molecule has 11 nitrogen and oxygen atoms in total. The molecule has 0 aliphatic heterocycles. The van der Waals surface area contributed by atoms with Crippen molar-refractivity contribution in [1.29, 1.82) is 0 Å². The van der Waals surface area contributed by atoms with E-state index in [0.29, 0.717) is 37.2 Å². The summed E-state index contributed by atoms with van der Waals surface area (Å²) in [5, 5.41) is 20.2. The van der Waals surface area contributed by atoms with Gasteiger partial charge in [0.25, 0.3) is 0 Å². The lowest BCUT2D eigenvalue weighted by molar-refractivity contribution is -0.192. The van der Waals surface area contributed by atoms with Crippen LogP contribution in [0.1, 0.15) is 83.0 Å². The van der Waals surface area contributed by atoms with Crippen molar-refractivity contribution < 1.29 is 56.1 Å². The molecule has 3 aromatic rings. The number of aliphatic hydroxyl groups excluding tert-OH is 1. The minimum Gasteiger partial charge on any atom is -0.475 e. The molecule has 1 heterocycles. The number of carbonyl (C=O) groups excluding carboxylic acids is 4. The third kappa shape index (κ3) is 14.6. The number of aliphatic hydroxyl groups is 1. The Morgan fingerprint density at radius 1 is 1.02 bits per heavy atom. The number of nitrogens with zero attached hydrogens (tertiary/aromatic N) is 2. The van der Waals surface area contributed by atoms with Crippen LogP contribution in [-0.2, 0) is 30.5 Å². The molecule has 5 N–H and O–H groups in total. The zero-order valence-electron chi connectivity index (χ0n) is 33.2. The highest BCUT2D eigenvalue weighted by Gasteiger charge is 2.39. The van der Waals surface area contributed by atoms with Crippen LogP contribution in [0.4, 0.5) is 22.0 Å². The molecule has 1 aromatic heterocycles. The molecule has 0 spiro atoms. The van der Waals surface area contributed by atoms with Gasteiger partial charge in [-0.2, -0.15) is 13.2 Å². The summed E-state index contributed by atoms with van der Waals surface area (Å²) >= 11 is 3.10. The number of nitrogens with one attached hydrogen (secondary N) is 1. The van der Waals surface area contributed by atoms with E-state index in [-0.39, 0.29) is 59.6 Å². The predicted octanol–water partition coefficient (Wildman–Crippen LogP) is 6.98. The highest BCUT2D eigenvalue weighted by molar-refractivity contribution is 9.09. The Morgan fingerprint density at radius 3 is 2.27 bits per heavy atom. The molecule has 0 unspecified atom stereocenters. The lowest BCUT2D eigenvalue weighted by Crippen LogP contribution is -2.46. The van der Waals surface area contributed by atoms with Crippen molar-refractivity contribution in [2.24, 2.45) is 23.0 Å². The Bertz CT molecular complexity index is 1900. The van der Waals surface area contributed by atoms with Crippen LogP contribution in [-0.4, -0.2) is 86.3 Å². The molecule has 1 fully saturated rings. The maximum absolute atomic E-state index is 15.1. The van der Waals surface area contributed by atoms with E-state index in [4.69, 9.17) is 15.6 Å². The summed E-state index contributed by atoms with van der Waals surface area (Å²) in [6.45, 7) is 5.94. The number of benzene rings is 2. The number of carboxylic acid groups (broad SMARTS) is 1. The molecule has 0 saturated heterocycles. The molecule has 0 bridgehead atoms. The molecule has 324 valence electrons. The van der Waals surface area contributed by atoms with Gasteiger partial charge in [-0.15, -0.1) is 0 Å². The molecular formula is C42H52BrF5N4O7. The molecule has 17 heteroatoms. The van der Waals surface area contributed by atoms with Crippen molar-refractivity contribution in [3.05, 3.63) is 83.7 Å². The van der Waals surface area contributed by atoms with Gasteiger partial charge in [-0.25, -0.2) is 13.6 Å². The second-order valence-electron chi connectivity index (χ2n) is 15.6. The van der Waals surface area contributed by atoms with E-state index in [1.54, 1.807) is 12.3 Å². The Hall–Kier alpha value is -4.48. The van der Waals surface area contributed by atoms with E-state index in [9.17, 15) is 41.8 Å². The van der Waals surface area contributed by atoms with Gasteiger partial charge >= 0.3 is 12.1 Å². The van der Waals surface area contributed by atoms with Crippen LogP contribution in [0, 0.1) is 28.9 Å². The number of amides is 2. The molecule has 1 aliphatic carbocycles. The summed E-state index contributed by atoms with van der Waals surface area (Å²) in [6, 6.07) is 13.1. The fourth-order valence-electron chi connectivity index (χ4n) is 7.38. The fraction of sp³-hybridized carbons (Fsp3) is 0.500. The quantitative estimate of drug-likeness (QED) is 0.0602. The zero-order chi connectivity index (χ0) is 44.1. The smallest absolute Gasteiger partial charge is 0.475 e. The van der Waals surface area contributed by atoms with E-state index in [1.807, 2.05) is 55.7 Å². The minimum absolute atomic E-state index is 0.0571. The lowest BCUT2D eigenvalue weighted by atomic mass is 9.82. The van der Waals surface area contributed by atoms with Gasteiger partial charge in [0.05, 0.1) is 17.4 Å². The number of ketones is 2. The fourth-order valence-corrected chi connectivity index (χ4v) is 7.58. The number of hydrogen-bond donors (Lipinski definition) is 4. The van der Waals surface area contributed by atoms with Crippen LogP contribution in [0.5, 0.6) is 0 Å². The van der Waals surface area contributed by atoms with E-state index >= 15 is 4.39 Å². The maximum Gasteiger partial charge on any atom is 0.490 e. The van der Waals surface area contributed by atoms with Gasteiger partial charge in [-0.3, -0.25) is 19.2 Å². The molecule has 1 aliphatic rings. The Kier molecular flexibility index (Phi) is 18.4. The van der Waals surface area contributed by atoms with E-state index in [2.05, 4.69) is 21.2 Å². The van der Waals surface area contributed by atoms with Gasteiger partial charge in [0.2, 0.25) is 11.8 Å². The normalized spacial score (nSPS) is 16.4. The molecule has 4 atom stereocenters. The molecule has 2 aromatic carbocycles. The van der Waals surface area contributed by atoms with Gasteiger partial charge < -0.3 is 30.7 Å². The number of alkyl halides is 4. The van der Waals surface area contributed by atoms with E-state index in [0.717, 1.165) is 43.0 Å². The van der Waals surface area contributed by atoms with Crippen molar-refractivity contribution in [2.45, 2.75) is 90.5 Å². The van der Waals surface area contributed by atoms with Crippen LogP contribution in [0.2, 0.25) is 0 Å². The monoisotopic (exact) mass is 898 g/mol. The van der Waals surface area contributed by atoms with Gasteiger partial charge in [-0.1, -0.05) is 73.5 Å².